The van der Waals surface area contributed by atoms with Gasteiger partial charge in [0.1, 0.15) is 0 Å². The topological polar surface area (TPSA) is 12.0 Å². The SMILES string of the molecule is CCNC(c1ccc(C)c(C)c1)c1cc(Cl)sc1Cl. The lowest BCUT2D eigenvalue weighted by Crippen LogP contribution is -2.21. The summed E-state index contributed by atoms with van der Waals surface area (Å²) in [5.41, 5.74) is 4.87. The van der Waals surface area contributed by atoms with Crippen molar-refractivity contribution in [2.24, 2.45) is 0 Å². The van der Waals surface area contributed by atoms with Crippen LogP contribution in [0.2, 0.25) is 8.67 Å². The van der Waals surface area contributed by atoms with Crippen molar-refractivity contribution in [2.75, 3.05) is 6.54 Å². The van der Waals surface area contributed by atoms with E-state index in [2.05, 4.69) is 44.3 Å². The second kappa shape index (κ2) is 6.27. The van der Waals surface area contributed by atoms with E-state index in [-0.39, 0.29) is 6.04 Å². The molecule has 1 heterocycles. The molecule has 0 spiro atoms. The van der Waals surface area contributed by atoms with Gasteiger partial charge in [0, 0.05) is 5.56 Å². The fourth-order valence-corrected chi connectivity index (χ4v) is 3.64. The summed E-state index contributed by atoms with van der Waals surface area (Å²) in [5, 5.41) is 3.48. The van der Waals surface area contributed by atoms with Gasteiger partial charge in [0.15, 0.2) is 0 Å². The molecule has 0 aliphatic carbocycles. The number of benzene rings is 1. The van der Waals surface area contributed by atoms with Crippen molar-refractivity contribution in [2.45, 2.75) is 26.8 Å². The smallest absolute Gasteiger partial charge is 0.0995 e. The Morgan fingerprint density at radius 3 is 2.42 bits per heavy atom. The van der Waals surface area contributed by atoms with Crippen molar-refractivity contribution >= 4 is 34.5 Å². The van der Waals surface area contributed by atoms with Gasteiger partial charge in [0.25, 0.3) is 0 Å². The lowest BCUT2D eigenvalue weighted by molar-refractivity contribution is 0.632. The summed E-state index contributed by atoms with van der Waals surface area (Å²) in [6.07, 6.45) is 0. The van der Waals surface area contributed by atoms with Crippen LogP contribution in [0.1, 0.15) is 35.2 Å². The molecule has 1 aromatic carbocycles. The van der Waals surface area contributed by atoms with E-state index >= 15 is 0 Å². The van der Waals surface area contributed by atoms with E-state index in [4.69, 9.17) is 23.2 Å². The van der Waals surface area contributed by atoms with Crippen LogP contribution in [0.15, 0.2) is 24.3 Å². The van der Waals surface area contributed by atoms with Gasteiger partial charge in [-0.2, -0.15) is 0 Å². The summed E-state index contributed by atoms with van der Waals surface area (Å²) in [6.45, 7) is 7.22. The molecule has 2 rings (SSSR count). The average Bonchev–Trinajstić information content (AvgIpc) is 2.69. The van der Waals surface area contributed by atoms with Crippen molar-refractivity contribution in [3.05, 3.63) is 55.2 Å². The van der Waals surface area contributed by atoms with Gasteiger partial charge in [0.05, 0.1) is 14.7 Å². The summed E-state index contributed by atoms with van der Waals surface area (Å²) in [6, 6.07) is 8.57. The Hall–Kier alpha value is -0.540. The molecule has 19 heavy (non-hydrogen) atoms. The van der Waals surface area contributed by atoms with Crippen LogP contribution in [-0.2, 0) is 0 Å². The van der Waals surface area contributed by atoms with E-state index in [1.54, 1.807) is 0 Å². The van der Waals surface area contributed by atoms with Gasteiger partial charge in [-0.15, -0.1) is 11.3 Å². The minimum Gasteiger partial charge on any atom is -0.306 e. The van der Waals surface area contributed by atoms with E-state index in [0.29, 0.717) is 0 Å². The third-order valence-electron chi connectivity index (χ3n) is 3.27. The van der Waals surface area contributed by atoms with Gasteiger partial charge in [0.2, 0.25) is 0 Å². The van der Waals surface area contributed by atoms with E-state index in [0.717, 1.165) is 20.8 Å². The van der Waals surface area contributed by atoms with Crippen molar-refractivity contribution in [1.29, 1.82) is 0 Å². The zero-order valence-electron chi connectivity index (χ0n) is 11.3. The Morgan fingerprint density at radius 1 is 1.16 bits per heavy atom. The van der Waals surface area contributed by atoms with Crippen LogP contribution in [0.25, 0.3) is 0 Å². The maximum absolute atomic E-state index is 6.29. The minimum absolute atomic E-state index is 0.0977. The second-order valence-corrected chi connectivity index (χ2v) is 6.90. The van der Waals surface area contributed by atoms with Gasteiger partial charge in [-0.1, -0.05) is 48.3 Å². The van der Waals surface area contributed by atoms with Crippen LogP contribution < -0.4 is 5.32 Å². The molecular weight excluding hydrogens is 297 g/mol. The molecular formula is C15H17Cl2NS. The molecule has 0 saturated heterocycles. The van der Waals surface area contributed by atoms with Gasteiger partial charge in [-0.05, 0) is 43.1 Å². The maximum Gasteiger partial charge on any atom is 0.0995 e. The predicted octanol–water partition coefficient (Wildman–Crippen LogP) is 5.37. The molecule has 0 bridgehead atoms. The molecule has 0 saturated carbocycles. The number of hydrogen-bond acceptors (Lipinski definition) is 2. The molecule has 1 nitrogen and oxygen atoms in total. The summed E-state index contributed by atoms with van der Waals surface area (Å²) >= 11 is 13.8. The van der Waals surface area contributed by atoms with Crippen LogP contribution >= 0.6 is 34.5 Å². The third-order valence-corrected chi connectivity index (χ3v) is 4.78. The molecule has 0 aliphatic heterocycles. The highest BCUT2D eigenvalue weighted by Gasteiger charge is 2.19. The van der Waals surface area contributed by atoms with Gasteiger partial charge < -0.3 is 5.32 Å². The molecule has 1 unspecified atom stereocenters. The first kappa shape index (κ1) is 14.9. The fourth-order valence-electron chi connectivity index (χ4n) is 2.11. The fraction of sp³-hybridized carbons (Fsp3) is 0.333. The normalized spacial score (nSPS) is 12.7. The van der Waals surface area contributed by atoms with Gasteiger partial charge in [-0.3, -0.25) is 0 Å². The van der Waals surface area contributed by atoms with E-state index in [9.17, 15) is 0 Å². The summed E-state index contributed by atoms with van der Waals surface area (Å²) in [4.78, 5) is 0. The molecule has 0 radical (unpaired) electrons. The number of thiophene rings is 1. The number of aryl methyl sites for hydroxylation is 2. The number of halogens is 2. The van der Waals surface area contributed by atoms with Crippen LogP contribution in [-0.4, -0.2) is 6.54 Å². The van der Waals surface area contributed by atoms with Crippen molar-refractivity contribution in [3.63, 3.8) is 0 Å². The average molecular weight is 314 g/mol. The van der Waals surface area contributed by atoms with Gasteiger partial charge >= 0.3 is 0 Å². The Morgan fingerprint density at radius 2 is 1.89 bits per heavy atom. The molecule has 0 aliphatic rings. The lowest BCUT2D eigenvalue weighted by Gasteiger charge is -2.19. The van der Waals surface area contributed by atoms with Crippen molar-refractivity contribution in [1.82, 2.24) is 5.32 Å². The summed E-state index contributed by atoms with van der Waals surface area (Å²) in [7, 11) is 0. The zero-order valence-corrected chi connectivity index (χ0v) is 13.6. The molecule has 1 aromatic heterocycles. The molecule has 102 valence electrons. The molecule has 1 N–H and O–H groups in total. The largest absolute Gasteiger partial charge is 0.306 e. The number of rotatable bonds is 4. The standard InChI is InChI=1S/C15H17Cl2NS/c1-4-18-14(12-8-13(16)19-15(12)17)11-6-5-9(2)10(3)7-11/h5-8,14,18H,4H2,1-3H3. The Balaban J connectivity index is 2.44. The van der Waals surface area contributed by atoms with E-state index in [1.807, 2.05) is 6.07 Å². The van der Waals surface area contributed by atoms with Gasteiger partial charge in [-0.25, -0.2) is 0 Å². The highest BCUT2D eigenvalue weighted by Crippen LogP contribution is 2.37. The zero-order chi connectivity index (χ0) is 14.0. The quantitative estimate of drug-likeness (QED) is 0.800. The summed E-state index contributed by atoms with van der Waals surface area (Å²) in [5.74, 6) is 0. The number of hydrogen-bond donors (Lipinski definition) is 1. The van der Waals surface area contributed by atoms with Crippen molar-refractivity contribution < 1.29 is 0 Å². The minimum atomic E-state index is 0.0977. The summed E-state index contributed by atoms with van der Waals surface area (Å²) < 4.78 is 1.49. The van der Waals surface area contributed by atoms with Crippen LogP contribution in [0.3, 0.4) is 0 Å². The lowest BCUT2D eigenvalue weighted by atomic mass is 9.97. The predicted molar refractivity (Wildman–Crippen MR) is 85.8 cm³/mol. The third kappa shape index (κ3) is 3.32. The Bertz CT molecular complexity index is 578. The van der Waals surface area contributed by atoms with E-state index in [1.165, 1.54) is 28.0 Å². The monoisotopic (exact) mass is 313 g/mol. The molecule has 4 heteroatoms. The van der Waals surface area contributed by atoms with Crippen molar-refractivity contribution in [3.8, 4) is 0 Å². The first-order chi connectivity index (χ1) is 9.02. The molecule has 0 fully saturated rings. The highest BCUT2D eigenvalue weighted by molar-refractivity contribution is 7.20. The Labute approximate surface area is 128 Å². The Kier molecular flexibility index (Phi) is 4.91. The van der Waals surface area contributed by atoms with Crippen LogP contribution in [0.5, 0.6) is 0 Å². The van der Waals surface area contributed by atoms with Crippen LogP contribution in [0.4, 0.5) is 0 Å². The molecule has 0 amide bonds. The van der Waals surface area contributed by atoms with Crippen LogP contribution in [0, 0.1) is 13.8 Å². The number of nitrogens with one attached hydrogen (secondary N) is 1. The first-order valence-electron chi connectivity index (χ1n) is 6.28. The second-order valence-electron chi connectivity index (χ2n) is 4.61. The molecule has 1 atom stereocenters. The maximum atomic E-state index is 6.29. The van der Waals surface area contributed by atoms with E-state index < -0.39 is 0 Å². The first-order valence-corrected chi connectivity index (χ1v) is 7.85. The highest BCUT2D eigenvalue weighted by atomic mass is 35.5. The molecule has 2 aromatic rings.